The molecule has 2 heterocycles. The summed E-state index contributed by atoms with van der Waals surface area (Å²) in [6.07, 6.45) is 3.29. The first kappa shape index (κ1) is 42.2. The summed E-state index contributed by atoms with van der Waals surface area (Å²) in [5.41, 5.74) is 2.98. The SMILES string of the molecule is CCOC(=O)c1cnc2c3ccc(C(=O)N(CCc4ccccc4)Cc4ccc(OC)cc4)c4c(C(=O)OCC)cnc(c5ccc(C(=O)Oc6c(Cl)cc(Cl)cc6Cl)c1c52)c43. The van der Waals surface area contributed by atoms with Crippen LogP contribution in [0.5, 0.6) is 11.5 Å². The van der Waals surface area contributed by atoms with E-state index in [-0.39, 0.29) is 74.1 Å². The number of benzene rings is 6. The van der Waals surface area contributed by atoms with E-state index in [1.54, 1.807) is 44.1 Å². The number of hydrogen-bond donors (Lipinski definition) is 0. The van der Waals surface area contributed by atoms with Gasteiger partial charge in [-0.3, -0.25) is 14.8 Å². The van der Waals surface area contributed by atoms with Crippen LogP contribution in [0.2, 0.25) is 15.1 Å². The Morgan fingerprint density at radius 3 is 1.71 bits per heavy atom. The number of fused-ring (bicyclic) bond motifs is 2. The Morgan fingerprint density at radius 1 is 0.613 bits per heavy atom. The van der Waals surface area contributed by atoms with Gasteiger partial charge in [-0.1, -0.05) is 89.4 Å². The van der Waals surface area contributed by atoms with Gasteiger partial charge in [0, 0.05) is 68.4 Å². The maximum Gasteiger partial charge on any atom is 0.344 e. The summed E-state index contributed by atoms with van der Waals surface area (Å²) in [4.78, 5) is 68.0. The number of esters is 3. The van der Waals surface area contributed by atoms with Crippen molar-refractivity contribution in [2.45, 2.75) is 26.8 Å². The van der Waals surface area contributed by atoms with Crippen molar-refractivity contribution < 1.29 is 38.1 Å². The molecule has 1 amide bonds. The van der Waals surface area contributed by atoms with Crippen LogP contribution in [0.4, 0.5) is 0 Å². The standard InChI is InChI=1S/C48H36Cl3N3O8/c1-4-60-46(56)34-23-52-42-31-16-18-33(48(58)62-44-36(50)21-28(49)22-37(44)51)39-35(47(57)61-5-2)24-53-43(41(31)39)30-15-17-32(38(34)40(30)42)45(55)54(20-19-26-9-7-6-8-10-26)25-27-11-13-29(59-3)14-12-27/h6-18,21-24H,4-5,19-20,25H2,1-3H3. The van der Waals surface area contributed by atoms with E-state index in [0.29, 0.717) is 56.7 Å². The molecule has 0 spiro atoms. The highest BCUT2D eigenvalue weighted by Gasteiger charge is 2.30. The van der Waals surface area contributed by atoms with Crippen LogP contribution < -0.4 is 9.47 Å². The smallest absolute Gasteiger partial charge is 0.344 e. The summed E-state index contributed by atoms with van der Waals surface area (Å²) in [6, 6.07) is 26.7. The summed E-state index contributed by atoms with van der Waals surface area (Å²) < 4.78 is 22.1. The zero-order valence-electron chi connectivity index (χ0n) is 33.6. The molecule has 62 heavy (non-hydrogen) atoms. The van der Waals surface area contributed by atoms with Gasteiger partial charge in [-0.05, 0) is 67.8 Å². The molecule has 2 aromatic heterocycles. The first-order valence-electron chi connectivity index (χ1n) is 19.6. The number of hydrogen-bond acceptors (Lipinski definition) is 10. The summed E-state index contributed by atoms with van der Waals surface area (Å²) in [6.45, 7) is 4.11. The maximum atomic E-state index is 15.1. The van der Waals surface area contributed by atoms with Crippen LogP contribution in [-0.4, -0.2) is 65.6 Å². The molecule has 0 aliphatic heterocycles. The molecule has 0 bridgehead atoms. The zero-order chi connectivity index (χ0) is 43.7. The van der Waals surface area contributed by atoms with Crippen molar-refractivity contribution in [3.63, 3.8) is 0 Å². The van der Waals surface area contributed by atoms with E-state index < -0.39 is 17.9 Å². The fourth-order valence-electron chi connectivity index (χ4n) is 7.71. The zero-order valence-corrected chi connectivity index (χ0v) is 35.9. The number of pyridine rings is 2. The first-order chi connectivity index (χ1) is 30.0. The summed E-state index contributed by atoms with van der Waals surface area (Å²) >= 11 is 18.9. The second-order valence-electron chi connectivity index (χ2n) is 14.2. The Hall–Kier alpha value is -6.53. The molecule has 0 atom stereocenters. The molecule has 11 nitrogen and oxygen atoms in total. The third kappa shape index (κ3) is 7.90. The molecule has 0 fully saturated rings. The molecule has 6 aromatic carbocycles. The van der Waals surface area contributed by atoms with Crippen molar-refractivity contribution in [1.29, 1.82) is 0 Å². The largest absolute Gasteiger partial charge is 0.497 e. The molecule has 0 saturated carbocycles. The minimum atomic E-state index is -0.875. The lowest BCUT2D eigenvalue weighted by Crippen LogP contribution is -2.33. The van der Waals surface area contributed by atoms with Crippen LogP contribution >= 0.6 is 34.8 Å². The van der Waals surface area contributed by atoms with Crippen molar-refractivity contribution in [3.8, 4) is 11.5 Å². The maximum absolute atomic E-state index is 15.1. The quantitative estimate of drug-likeness (QED) is 0.0476. The van der Waals surface area contributed by atoms with Crippen LogP contribution in [-0.2, 0) is 22.4 Å². The number of methoxy groups -OCH3 is 1. The lowest BCUT2D eigenvalue weighted by Gasteiger charge is -2.25. The van der Waals surface area contributed by atoms with Gasteiger partial charge < -0.3 is 23.8 Å². The van der Waals surface area contributed by atoms with Crippen LogP contribution in [0.1, 0.15) is 66.4 Å². The van der Waals surface area contributed by atoms with Crippen molar-refractivity contribution in [2.75, 3.05) is 26.9 Å². The van der Waals surface area contributed by atoms with Gasteiger partial charge in [-0.2, -0.15) is 0 Å². The second kappa shape index (κ2) is 17.8. The molecule has 8 aromatic rings. The van der Waals surface area contributed by atoms with E-state index in [9.17, 15) is 14.4 Å². The van der Waals surface area contributed by atoms with E-state index in [4.69, 9.17) is 63.7 Å². The molecule has 0 radical (unpaired) electrons. The summed E-state index contributed by atoms with van der Waals surface area (Å²) in [5.74, 6) is -2.03. The summed E-state index contributed by atoms with van der Waals surface area (Å²) in [5, 5.41) is 2.58. The fraction of sp³-hybridized carbons (Fsp3) is 0.167. The van der Waals surface area contributed by atoms with Gasteiger partial charge in [0.1, 0.15) is 5.75 Å². The molecular weight excluding hydrogens is 853 g/mol. The lowest BCUT2D eigenvalue weighted by atomic mass is 9.88. The molecule has 0 saturated heterocycles. The number of rotatable bonds is 13. The van der Waals surface area contributed by atoms with Crippen molar-refractivity contribution in [2.24, 2.45) is 0 Å². The van der Waals surface area contributed by atoms with Gasteiger partial charge in [0.15, 0.2) is 5.75 Å². The Bertz CT molecular complexity index is 3010. The van der Waals surface area contributed by atoms with Gasteiger partial charge in [0.2, 0.25) is 0 Å². The Morgan fingerprint density at radius 2 is 1.16 bits per heavy atom. The molecule has 0 aliphatic rings. The number of aromatic nitrogens is 2. The highest BCUT2D eigenvalue weighted by atomic mass is 35.5. The van der Waals surface area contributed by atoms with E-state index in [2.05, 4.69) is 0 Å². The average molecular weight is 889 g/mol. The molecule has 0 N–H and O–H groups in total. The number of halogens is 3. The third-order valence-electron chi connectivity index (χ3n) is 10.5. The highest BCUT2D eigenvalue weighted by Crippen LogP contribution is 2.44. The first-order valence-corrected chi connectivity index (χ1v) is 20.8. The molecule has 0 aliphatic carbocycles. The number of carbonyl (C=O) groups is 4. The normalized spacial score (nSPS) is 11.3. The number of amides is 1. The van der Waals surface area contributed by atoms with Gasteiger partial charge in [0.25, 0.3) is 5.91 Å². The van der Waals surface area contributed by atoms with Gasteiger partial charge >= 0.3 is 17.9 Å². The van der Waals surface area contributed by atoms with Crippen molar-refractivity contribution in [3.05, 3.63) is 152 Å². The summed E-state index contributed by atoms with van der Waals surface area (Å²) in [7, 11) is 1.59. The minimum absolute atomic E-state index is 0.000977. The number of carbonyl (C=O) groups excluding carboxylic acids is 4. The van der Waals surface area contributed by atoms with Crippen molar-refractivity contribution in [1.82, 2.24) is 14.9 Å². The van der Waals surface area contributed by atoms with Crippen LogP contribution in [0, 0.1) is 0 Å². The van der Waals surface area contributed by atoms with Crippen LogP contribution in [0.25, 0.3) is 43.4 Å². The Kier molecular flexibility index (Phi) is 12.1. The monoisotopic (exact) mass is 887 g/mol. The highest BCUT2D eigenvalue weighted by molar-refractivity contribution is 6.41. The van der Waals surface area contributed by atoms with E-state index in [0.717, 1.165) is 11.1 Å². The van der Waals surface area contributed by atoms with Crippen LogP contribution in [0.3, 0.4) is 0 Å². The predicted molar refractivity (Wildman–Crippen MR) is 239 cm³/mol. The van der Waals surface area contributed by atoms with E-state index in [1.807, 2.05) is 54.6 Å². The molecular formula is C48H36Cl3N3O8. The Labute approximate surface area is 370 Å². The molecule has 312 valence electrons. The van der Waals surface area contributed by atoms with Crippen LogP contribution in [0.15, 0.2) is 103 Å². The number of ether oxygens (including phenoxy) is 4. The van der Waals surface area contributed by atoms with Gasteiger partial charge in [-0.25, -0.2) is 14.4 Å². The van der Waals surface area contributed by atoms with E-state index in [1.165, 1.54) is 30.6 Å². The topological polar surface area (TPSA) is 134 Å². The van der Waals surface area contributed by atoms with Gasteiger partial charge in [-0.15, -0.1) is 0 Å². The molecule has 8 rings (SSSR count). The Balaban J connectivity index is 1.36. The molecule has 0 unspecified atom stereocenters. The molecule has 14 heteroatoms. The second-order valence-corrected chi connectivity index (χ2v) is 15.5. The average Bonchev–Trinajstić information content (AvgIpc) is 3.27. The number of nitrogens with zero attached hydrogens (tertiary/aromatic N) is 3. The van der Waals surface area contributed by atoms with Gasteiger partial charge in [0.05, 0.1) is 58.1 Å². The minimum Gasteiger partial charge on any atom is -0.497 e. The van der Waals surface area contributed by atoms with Crippen molar-refractivity contribution >= 4 is 102 Å². The predicted octanol–water partition coefficient (Wildman–Crippen LogP) is 11.0. The van der Waals surface area contributed by atoms with E-state index >= 15 is 4.79 Å². The lowest BCUT2D eigenvalue weighted by molar-refractivity contribution is 0.0518. The fourth-order valence-corrected chi connectivity index (χ4v) is 8.60. The third-order valence-corrected chi connectivity index (χ3v) is 11.3.